The van der Waals surface area contributed by atoms with E-state index in [1.54, 1.807) is 71.6 Å². The van der Waals surface area contributed by atoms with E-state index < -0.39 is 18.2 Å². The number of carbonyl (C=O) groups is 2. The van der Waals surface area contributed by atoms with Gasteiger partial charge in [-0.1, -0.05) is 19.9 Å². The molecule has 9 nitrogen and oxygen atoms in total. The Morgan fingerprint density at radius 3 is 1.97 bits per heavy atom. The molecule has 2 aromatic rings. The summed E-state index contributed by atoms with van der Waals surface area (Å²) in [7, 11) is 4.69. The highest BCUT2D eigenvalue weighted by atomic mass is 16.6. The van der Waals surface area contributed by atoms with Gasteiger partial charge < -0.3 is 34.3 Å². The number of carbonyl (C=O) groups excluding carboxylic acids is 2. The van der Waals surface area contributed by atoms with Crippen LogP contribution in [0.3, 0.4) is 0 Å². The molecule has 35 heavy (non-hydrogen) atoms. The number of benzene rings is 2. The first-order chi connectivity index (χ1) is 16.7. The van der Waals surface area contributed by atoms with Gasteiger partial charge in [-0.2, -0.15) is 0 Å². The summed E-state index contributed by atoms with van der Waals surface area (Å²) < 4.78 is 27.1. The van der Waals surface area contributed by atoms with Crippen LogP contribution < -0.4 is 29.6 Å². The van der Waals surface area contributed by atoms with Crippen molar-refractivity contribution in [2.75, 3.05) is 27.9 Å². The van der Waals surface area contributed by atoms with Gasteiger partial charge in [-0.3, -0.25) is 4.79 Å². The Hall–Kier alpha value is -3.62. The summed E-state index contributed by atoms with van der Waals surface area (Å²) in [5, 5.41) is 5.66. The number of alkyl carbamates (subject to hydrolysis) is 1. The largest absolute Gasteiger partial charge is 0.497 e. The molecule has 192 valence electrons. The summed E-state index contributed by atoms with van der Waals surface area (Å²) >= 11 is 0. The van der Waals surface area contributed by atoms with Crippen molar-refractivity contribution in [3.05, 3.63) is 48.0 Å². The fourth-order valence-electron chi connectivity index (χ4n) is 3.31. The number of amides is 2. The third kappa shape index (κ3) is 8.27. The standard InChI is InChI=1S/C26H36N2O7/c1-16(2)24(28-26(30)35-17(3)4)25(29)27-21(15-34-20-11-9-19(31-5)10-12-20)18-8-13-22(32-6)23(14-18)33-7/h8-14,16-17,21,24H,15H2,1-7H3,(H,27,29)(H,28,30). The number of methoxy groups -OCH3 is 3. The van der Waals surface area contributed by atoms with E-state index in [9.17, 15) is 9.59 Å². The highest BCUT2D eigenvalue weighted by molar-refractivity contribution is 5.86. The molecule has 9 heteroatoms. The van der Waals surface area contributed by atoms with Gasteiger partial charge in [0.15, 0.2) is 11.5 Å². The van der Waals surface area contributed by atoms with Gasteiger partial charge in [-0.15, -0.1) is 0 Å². The molecule has 0 fully saturated rings. The summed E-state index contributed by atoms with van der Waals surface area (Å²) in [4.78, 5) is 25.4. The first kappa shape index (κ1) is 27.6. The SMILES string of the molecule is COc1ccc(OCC(NC(=O)C(NC(=O)OC(C)C)C(C)C)c2ccc(OC)c(OC)c2)cc1. The van der Waals surface area contributed by atoms with Gasteiger partial charge in [-0.05, 0) is 61.7 Å². The fourth-order valence-corrected chi connectivity index (χ4v) is 3.31. The van der Waals surface area contributed by atoms with Crippen molar-refractivity contribution in [3.63, 3.8) is 0 Å². The van der Waals surface area contributed by atoms with E-state index in [2.05, 4.69) is 10.6 Å². The van der Waals surface area contributed by atoms with E-state index in [-0.39, 0.29) is 24.5 Å². The van der Waals surface area contributed by atoms with Crippen LogP contribution in [0.4, 0.5) is 4.79 Å². The third-order valence-corrected chi connectivity index (χ3v) is 5.17. The lowest BCUT2D eigenvalue weighted by Gasteiger charge is -2.26. The van der Waals surface area contributed by atoms with Crippen molar-refractivity contribution >= 4 is 12.0 Å². The molecule has 0 aromatic heterocycles. The highest BCUT2D eigenvalue weighted by Gasteiger charge is 2.28. The first-order valence-corrected chi connectivity index (χ1v) is 11.4. The average Bonchev–Trinajstić information content (AvgIpc) is 2.84. The minimum Gasteiger partial charge on any atom is -0.497 e. The monoisotopic (exact) mass is 488 g/mol. The van der Waals surface area contributed by atoms with Gasteiger partial charge in [0.25, 0.3) is 0 Å². The molecule has 0 saturated heterocycles. The lowest BCUT2D eigenvalue weighted by Crippen LogP contribution is -2.51. The minimum absolute atomic E-state index is 0.134. The van der Waals surface area contributed by atoms with E-state index in [4.69, 9.17) is 23.7 Å². The molecule has 0 bridgehead atoms. The summed E-state index contributed by atoms with van der Waals surface area (Å²) in [6, 6.07) is 11.2. The highest BCUT2D eigenvalue weighted by Crippen LogP contribution is 2.30. The number of ether oxygens (including phenoxy) is 5. The molecule has 0 aliphatic heterocycles. The Morgan fingerprint density at radius 2 is 1.43 bits per heavy atom. The van der Waals surface area contributed by atoms with Crippen molar-refractivity contribution in [1.82, 2.24) is 10.6 Å². The van der Waals surface area contributed by atoms with Crippen LogP contribution >= 0.6 is 0 Å². The molecule has 2 amide bonds. The van der Waals surface area contributed by atoms with Crippen LogP contribution in [0.5, 0.6) is 23.0 Å². The van der Waals surface area contributed by atoms with E-state index in [0.717, 1.165) is 5.56 Å². The van der Waals surface area contributed by atoms with Crippen LogP contribution in [0.25, 0.3) is 0 Å². The van der Waals surface area contributed by atoms with E-state index >= 15 is 0 Å². The van der Waals surface area contributed by atoms with Crippen LogP contribution in [0.1, 0.15) is 39.3 Å². The van der Waals surface area contributed by atoms with E-state index in [0.29, 0.717) is 23.0 Å². The van der Waals surface area contributed by atoms with Crippen LogP contribution in [0.15, 0.2) is 42.5 Å². The molecule has 2 aromatic carbocycles. The van der Waals surface area contributed by atoms with Gasteiger partial charge in [-0.25, -0.2) is 4.79 Å². The predicted molar refractivity (Wildman–Crippen MR) is 132 cm³/mol. The Kier molecular flexibility index (Phi) is 10.5. The van der Waals surface area contributed by atoms with Gasteiger partial charge in [0.1, 0.15) is 24.1 Å². The zero-order chi connectivity index (χ0) is 26.0. The molecule has 2 rings (SSSR count). The van der Waals surface area contributed by atoms with Crippen molar-refractivity contribution in [2.24, 2.45) is 5.92 Å². The molecular weight excluding hydrogens is 452 g/mol. The number of hydrogen-bond acceptors (Lipinski definition) is 7. The van der Waals surface area contributed by atoms with Crippen LogP contribution in [0, 0.1) is 5.92 Å². The van der Waals surface area contributed by atoms with Gasteiger partial charge in [0.2, 0.25) is 5.91 Å². The third-order valence-electron chi connectivity index (χ3n) is 5.17. The lowest BCUT2D eigenvalue weighted by molar-refractivity contribution is -0.125. The maximum absolute atomic E-state index is 13.3. The van der Waals surface area contributed by atoms with Crippen molar-refractivity contribution in [1.29, 1.82) is 0 Å². The summed E-state index contributed by atoms with van der Waals surface area (Å²) in [6.45, 7) is 7.31. The predicted octanol–water partition coefficient (Wildman–Crippen LogP) is 4.11. The molecule has 0 heterocycles. The smallest absolute Gasteiger partial charge is 0.408 e. The molecule has 2 atom stereocenters. The Balaban J connectivity index is 2.27. The average molecular weight is 489 g/mol. The summed E-state index contributed by atoms with van der Waals surface area (Å²) in [6.07, 6.45) is -0.950. The molecule has 0 aliphatic rings. The second-order valence-corrected chi connectivity index (χ2v) is 8.48. The van der Waals surface area contributed by atoms with E-state index in [1.807, 2.05) is 19.9 Å². The van der Waals surface area contributed by atoms with Crippen LogP contribution in [-0.4, -0.2) is 52.1 Å². The zero-order valence-electron chi connectivity index (χ0n) is 21.4. The number of nitrogens with one attached hydrogen (secondary N) is 2. The van der Waals surface area contributed by atoms with Gasteiger partial charge in [0.05, 0.1) is 33.5 Å². The summed E-state index contributed by atoms with van der Waals surface area (Å²) in [5.74, 6) is 1.87. The molecule has 0 radical (unpaired) electrons. The summed E-state index contributed by atoms with van der Waals surface area (Å²) in [5.41, 5.74) is 0.747. The molecule has 0 aliphatic carbocycles. The second-order valence-electron chi connectivity index (χ2n) is 8.48. The van der Waals surface area contributed by atoms with Gasteiger partial charge >= 0.3 is 6.09 Å². The van der Waals surface area contributed by atoms with Crippen molar-refractivity contribution < 1.29 is 33.3 Å². The first-order valence-electron chi connectivity index (χ1n) is 11.4. The molecule has 0 saturated carbocycles. The number of hydrogen-bond donors (Lipinski definition) is 2. The molecule has 2 N–H and O–H groups in total. The molecule has 2 unspecified atom stereocenters. The Morgan fingerprint density at radius 1 is 0.800 bits per heavy atom. The normalized spacial score (nSPS) is 12.5. The molecule has 0 spiro atoms. The Bertz CT molecular complexity index is 961. The van der Waals surface area contributed by atoms with Crippen LogP contribution in [0.2, 0.25) is 0 Å². The number of rotatable bonds is 12. The topological polar surface area (TPSA) is 104 Å². The van der Waals surface area contributed by atoms with E-state index in [1.165, 1.54) is 0 Å². The second kappa shape index (κ2) is 13.3. The van der Waals surface area contributed by atoms with Crippen molar-refractivity contribution in [3.8, 4) is 23.0 Å². The lowest BCUT2D eigenvalue weighted by atomic mass is 10.0. The zero-order valence-corrected chi connectivity index (χ0v) is 21.4. The van der Waals surface area contributed by atoms with Crippen LogP contribution in [-0.2, 0) is 9.53 Å². The maximum atomic E-state index is 13.3. The fraction of sp³-hybridized carbons (Fsp3) is 0.462. The van der Waals surface area contributed by atoms with Crippen molar-refractivity contribution in [2.45, 2.75) is 45.9 Å². The molecular formula is C26H36N2O7. The minimum atomic E-state index is -0.801. The Labute approximate surface area is 207 Å². The maximum Gasteiger partial charge on any atom is 0.408 e. The quantitative estimate of drug-likeness (QED) is 0.463. The van der Waals surface area contributed by atoms with Gasteiger partial charge in [0, 0.05) is 0 Å².